The number of hydrogen-bond acceptors (Lipinski definition) is 7. The van der Waals surface area contributed by atoms with Crippen molar-refractivity contribution in [1.82, 2.24) is 19.8 Å². The number of hydrogen-bond donors (Lipinski definition) is 0. The highest BCUT2D eigenvalue weighted by atomic mass is 35.5. The van der Waals surface area contributed by atoms with Gasteiger partial charge in [0.1, 0.15) is 12.4 Å². The second kappa shape index (κ2) is 11.1. The van der Waals surface area contributed by atoms with E-state index >= 15 is 0 Å². The maximum absolute atomic E-state index is 12.1. The van der Waals surface area contributed by atoms with Crippen molar-refractivity contribution in [2.24, 2.45) is 0 Å². The van der Waals surface area contributed by atoms with E-state index in [1.807, 2.05) is 17.0 Å². The molecule has 0 radical (unpaired) electrons. The summed E-state index contributed by atoms with van der Waals surface area (Å²) in [6.45, 7) is 8.26. The molecule has 0 saturated carbocycles. The van der Waals surface area contributed by atoms with E-state index in [-0.39, 0.29) is 12.0 Å². The van der Waals surface area contributed by atoms with Crippen LogP contribution in [0, 0.1) is 0 Å². The second-order valence-corrected chi connectivity index (χ2v) is 11.0. The Bertz CT molecular complexity index is 1390. The Balaban J connectivity index is 1.31. The van der Waals surface area contributed by atoms with E-state index in [1.165, 1.54) is 12.5 Å². The minimum Gasteiger partial charge on any atom is -0.462 e. The van der Waals surface area contributed by atoms with Crippen molar-refractivity contribution in [3.05, 3.63) is 70.9 Å². The van der Waals surface area contributed by atoms with Gasteiger partial charge in [-0.05, 0) is 49.5 Å². The number of amides is 1. The number of anilines is 1. The van der Waals surface area contributed by atoms with Gasteiger partial charge in [-0.1, -0.05) is 48.5 Å². The van der Waals surface area contributed by atoms with Crippen molar-refractivity contribution in [2.75, 3.05) is 51.3 Å². The van der Waals surface area contributed by atoms with Gasteiger partial charge in [0.15, 0.2) is 0 Å². The minimum absolute atomic E-state index is 0.0380. The van der Waals surface area contributed by atoms with E-state index in [0.717, 1.165) is 51.4 Å². The van der Waals surface area contributed by atoms with Gasteiger partial charge < -0.3 is 24.2 Å². The van der Waals surface area contributed by atoms with Crippen molar-refractivity contribution in [1.29, 1.82) is 0 Å². The molecule has 0 N–H and O–H groups in total. The van der Waals surface area contributed by atoms with Gasteiger partial charge in [-0.15, -0.1) is 0 Å². The third kappa shape index (κ3) is 5.21. The molecule has 0 aliphatic carbocycles. The van der Waals surface area contributed by atoms with Gasteiger partial charge >= 0.3 is 6.01 Å². The molecule has 39 heavy (non-hydrogen) atoms. The molecular weight excluding hydrogens is 514 g/mol. The summed E-state index contributed by atoms with van der Waals surface area (Å²) in [6, 6.07) is 13.0. The smallest absolute Gasteiger partial charge is 0.318 e. The molecule has 1 amide bonds. The number of carbonyl (C=O) groups excluding carboxylic acids is 1. The van der Waals surface area contributed by atoms with Crippen LogP contribution in [0.1, 0.15) is 35.8 Å². The molecule has 2 atom stereocenters. The number of rotatable bonds is 6. The first-order valence-corrected chi connectivity index (χ1v) is 14.1. The first-order chi connectivity index (χ1) is 19.0. The van der Waals surface area contributed by atoms with E-state index in [0.29, 0.717) is 57.9 Å². The molecule has 2 fully saturated rings. The average molecular weight is 548 g/mol. The first-order valence-electron chi connectivity index (χ1n) is 13.7. The lowest BCUT2D eigenvalue weighted by Gasteiger charge is -2.37. The van der Waals surface area contributed by atoms with Gasteiger partial charge in [0.2, 0.25) is 5.91 Å². The molecular formula is C30H34ClN5O3. The van der Waals surface area contributed by atoms with Gasteiger partial charge in [-0.2, -0.15) is 9.97 Å². The maximum atomic E-state index is 12.1. The molecule has 3 aliphatic rings. The summed E-state index contributed by atoms with van der Waals surface area (Å²) >= 11 is 6.65. The Morgan fingerprint density at radius 2 is 1.95 bits per heavy atom. The highest BCUT2D eigenvalue weighted by Crippen LogP contribution is 2.39. The third-order valence-electron chi connectivity index (χ3n) is 8.23. The Kier molecular flexibility index (Phi) is 7.42. The Morgan fingerprint density at radius 3 is 2.69 bits per heavy atom. The van der Waals surface area contributed by atoms with Crippen LogP contribution in [0.3, 0.4) is 0 Å². The fourth-order valence-electron chi connectivity index (χ4n) is 5.98. The fourth-order valence-corrected chi connectivity index (χ4v) is 6.27. The van der Waals surface area contributed by atoms with Crippen LogP contribution < -0.4 is 9.64 Å². The summed E-state index contributed by atoms with van der Waals surface area (Å²) in [5.41, 5.74) is 3.00. The van der Waals surface area contributed by atoms with Crippen LogP contribution in [-0.2, 0) is 22.6 Å². The van der Waals surface area contributed by atoms with E-state index in [9.17, 15) is 4.79 Å². The van der Waals surface area contributed by atoms with Gasteiger partial charge in [0.25, 0.3) is 0 Å². The zero-order valence-corrected chi connectivity index (χ0v) is 23.1. The normalized spacial score (nSPS) is 21.7. The molecule has 8 nitrogen and oxygen atoms in total. The predicted octanol–water partition coefficient (Wildman–Crippen LogP) is 4.40. The number of likely N-dealkylation sites (tertiary alicyclic amines) is 1. The SMILES string of the molecule is C=CC(=O)N1CCN(c2nc(OC[C@@H]3CCCN3C)nc3c2COC(c2cccc4cccc(Cl)c24)C3)CC1. The fraction of sp³-hybridized carbons (Fsp3) is 0.433. The van der Waals surface area contributed by atoms with Crippen LogP contribution in [0.4, 0.5) is 5.82 Å². The molecule has 2 aromatic carbocycles. The number of aromatic nitrogens is 2. The zero-order valence-electron chi connectivity index (χ0n) is 22.3. The lowest BCUT2D eigenvalue weighted by molar-refractivity contribution is -0.126. The van der Waals surface area contributed by atoms with Crippen molar-refractivity contribution in [2.45, 2.75) is 38.0 Å². The van der Waals surface area contributed by atoms with Crippen LogP contribution in [-0.4, -0.2) is 78.1 Å². The van der Waals surface area contributed by atoms with E-state index < -0.39 is 0 Å². The van der Waals surface area contributed by atoms with Crippen LogP contribution in [0.15, 0.2) is 49.1 Å². The maximum Gasteiger partial charge on any atom is 0.318 e. The number of nitrogens with zero attached hydrogens (tertiary/aromatic N) is 5. The van der Waals surface area contributed by atoms with Crippen molar-refractivity contribution >= 4 is 34.1 Å². The number of benzene rings is 2. The van der Waals surface area contributed by atoms with Crippen molar-refractivity contribution < 1.29 is 14.3 Å². The summed E-state index contributed by atoms with van der Waals surface area (Å²) in [5, 5.41) is 2.83. The first kappa shape index (κ1) is 26.0. The summed E-state index contributed by atoms with van der Waals surface area (Å²) < 4.78 is 12.7. The van der Waals surface area contributed by atoms with Crippen molar-refractivity contribution in [3.63, 3.8) is 0 Å². The highest BCUT2D eigenvalue weighted by Gasteiger charge is 2.31. The summed E-state index contributed by atoms with van der Waals surface area (Å²) in [6.07, 6.45) is 4.09. The summed E-state index contributed by atoms with van der Waals surface area (Å²) in [5.74, 6) is 0.805. The van der Waals surface area contributed by atoms with Gasteiger partial charge in [-0.3, -0.25) is 4.79 Å². The predicted molar refractivity (Wildman–Crippen MR) is 152 cm³/mol. The third-order valence-corrected chi connectivity index (χ3v) is 8.55. The Hall–Kier alpha value is -3.20. The van der Waals surface area contributed by atoms with Crippen LogP contribution in [0.25, 0.3) is 10.8 Å². The van der Waals surface area contributed by atoms with Crippen LogP contribution in [0.5, 0.6) is 6.01 Å². The van der Waals surface area contributed by atoms with E-state index in [2.05, 4.69) is 47.7 Å². The summed E-state index contributed by atoms with van der Waals surface area (Å²) in [4.78, 5) is 28.3. The van der Waals surface area contributed by atoms with Gasteiger partial charge in [0, 0.05) is 54.6 Å². The standard InChI is InChI=1S/C30H34ClN5O3/c1-3-27(37)35-13-15-36(16-14-35)29-23-19-38-26(22-10-4-7-20-8-5-11-24(31)28(20)22)17-25(23)32-30(33-29)39-18-21-9-6-12-34(21)2/h3-5,7-8,10-11,21,26H,1,6,9,12-19H2,2H3/t21-,26?/m0/s1. The number of likely N-dealkylation sites (N-methyl/N-ethyl adjacent to an activating group) is 1. The molecule has 204 valence electrons. The number of halogens is 1. The molecule has 4 heterocycles. The molecule has 0 spiro atoms. The molecule has 2 saturated heterocycles. The molecule has 1 unspecified atom stereocenters. The molecule has 9 heteroatoms. The average Bonchev–Trinajstić information content (AvgIpc) is 3.39. The molecule has 3 aromatic rings. The number of ether oxygens (including phenoxy) is 2. The van der Waals surface area contributed by atoms with E-state index in [1.54, 1.807) is 0 Å². The molecule has 6 rings (SSSR count). The number of carbonyl (C=O) groups is 1. The monoisotopic (exact) mass is 547 g/mol. The summed E-state index contributed by atoms with van der Waals surface area (Å²) in [7, 11) is 2.14. The molecule has 0 bridgehead atoms. The minimum atomic E-state index is -0.181. The lowest BCUT2D eigenvalue weighted by Crippen LogP contribution is -2.49. The topological polar surface area (TPSA) is 71.0 Å². The largest absolute Gasteiger partial charge is 0.462 e. The van der Waals surface area contributed by atoms with Crippen LogP contribution in [0.2, 0.25) is 5.02 Å². The quantitative estimate of drug-likeness (QED) is 0.423. The van der Waals surface area contributed by atoms with Crippen molar-refractivity contribution in [3.8, 4) is 6.01 Å². The van der Waals surface area contributed by atoms with Crippen LogP contribution >= 0.6 is 11.6 Å². The zero-order chi connectivity index (χ0) is 26.9. The Morgan fingerprint density at radius 1 is 1.15 bits per heavy atom. The number of piperazine rings is 1. The number of fused-ring (bicyclic) bond motifs is 2. The van der Waals surface area contributed by atoms with E-state index in [4.69, 9.17) is 31.0 Å². The van der Waals surface area contributed by atoms with Gasteiger partial charge in [-0.25, -0.2) is 0 Å². The molecule has 3 aliphatic heterocycles. The van der Waals surface area contributed by atoms with Gasteiger partial charge in [0.05, 0.1) is 18.4 Å². The highest BCUT2D eigenvalue weighted by molar-refractivity contribution is 6.35. The molecule has 1 aromatic heterocycles. The second-order valence-electron chi connectivity index (χ2n) is 10.5. The lowest BCUT2D eigenvalue weighted by atomic mass is 9.94. The Labute approximate surface area is 234 Å².